The molecule has 2 fully saturated rings. The highest BCUT2D eigenvalue weighted by atomic mass is 16.5. The van der Waals surface area contributed by atoms with E-state index in [-0.39, 0.29) is 29.7 Å². The Bertz CT molecular complexity index is 525. The SMILES string of the molecule is CCCOC(=O)C1CCC(CC(C#N)C2CCC(C(=O)OCCC)CC2)CC1. The van der Waals surface area contributed by atoms with Crippen LogP contribution in [0.25, 0.3) is 0 Å². The normalized spacial score (nSPS) is 28.8. The predicted octanol–water partition coefficient (Wildman–Crippen LogP) is 5.04. The second-order valence-electron chi connectivity index (χ2n) is 8.64. The maximum absolute atomic E-state index is 12.0. The number of esters is 2. The first kappa shape index (κ1) is 22.7. The first-order valence-corrected chi connectivity index (χ1v) is 11.3. The Morgan fingerprint density at radius 1 is 0.857 bits per heavy atom. The van der Waals surface area contributed by atoms with E-state index in [0.29, 0.717) is 25.0 Å². The Labute approximate surface area is 170 Å². The summed E-state index contributed by atoms with van der Waals surface area (Å²) in [5, 5.41) is 9.72. The molecule has 0 aromatic carbocycles. The maximum atomic E-state index is 12.0. The highest BCUT2D eigenvalue weighted by Gasteiger charge is 2.34. The van der Waals surface area contributed by atoms with Crippen molar-refractivity contribution in [2.24, 2.45) is 29.6 Å². The van der Waals surface area contributed by atoms with E-state index in [1.807, 2.05) is 13.8 Å². The number of hydrogen-bond donors (Lipinski definition) is 0. The summed E-state index contributed by atoms with van der Waals surface area (Å²) in [7, 11) is 0. The molecule has 0 heterocycles. The molecule has 0 bridgehead atoms. The van der Waals surface area contributed by atoms with Crippen LogP contribution >= 0.6 is 0 Å². The molecule has 28 heavy (non-hydrogen) atoms. The average Bonchev–Trinajstić information content (AvgIpc) is 2.74. The quantitative estimate of drug-likeness (QED) is 0.515. The molecule has 0 amide bonds. The largest absolute Gasteiger partial charge is 0.465 e. The van der Waals surface area contributed by atoms with Gasteiger partial charge in [0.05, 0.1) is 31.1 Å². The van der Waals surface area contributed by atoms with Gasteiger partial charge in [0.1, 0.15) is 0 Å². The first-order chi connectivity index (χ1) is 13.6. The molecular formula is C23H37NO4. The van der Waals surface area contributed by atoms with Crippen molar-refractivity contribution in [3.63, 3.8) is 0 Å². The summed E-state index contributed by atoms with van der Waals surface area (Å²) in [5.41, 5.74) is 0. The summed E-state index contributed by atoms with van der Waals surface area (Å²) in [5.74, 6) is 0.980. The third-order valence-corrected chi connectivity index (χ3v) is 6.50. The van der Waals surface area contributed by atoms with Crippen LogP contribution < -0.4 is 0 Å². The van der Waals surface area contributed by atoms with E-state index in [9.17, 15) is 14.9 Å². The van der Waals surface area contributed by atoms with Gasteiger partial charge in [0.2, 0.25) is 0 Å². The average molecular weight is 392 g/mol. The standard InChI is InChI=1S/C23H37NO4/c1-3-13-27-22(25)19-7-5-17(6-8-19)15-21(16-24)18-9-11-20(12-10-18)23(26)28-14-4-2/h17-21H,3-15H2,1-2H3. The number of rotatable bonds is 9. The van der Waals surface area contributed by atoms with Crippen molar-refractivity contribution in [2.45, 2.75) is 84.5 Å². The van der Waals surface area contributed by atoms with Gasteiger partial charge in [-0.1, -0.05) is 13.8 Å². The van der Waals surface area contributed by atoms with Gasteiger partial charge in [-0.25, -0.2) is 0 Å². The Hall–Kier alpha value is -1.57. The van der Waals surface area contributed by atoms with Crippen LogP contribution in [0.3, 0.4) is 0 Å². The van der Waals surface area contributed by atoms with Crippen molar-refractivity contribution in [3.8, 4) is 6.07 Å². The highest BCUT2D eigenvalue weighted by molar-refractivity contribution is 5.72. The molecule has 0 radical (unpaired) electrons. The fraction of sp³-hybridized carbons (Fsp3) is 0.870. The van der Waals surface area contributed by atoms with Gasteiger partial charge in [-0.2, -0.15) is 5.26 Å². The summed E-state index contributed by atoms with van der Waals surface area (Å²) >= 11 is 0. The van der Waals surface area contributed by atoms with Crippen molar-refractivity contribution >= 4 is 11.9 Å². The number of hydrogen-bond acceptors (Lipinski definition) is 5. The van der Waals surface area contributed by atoms with Gasteiger partial charge in [0.25, 0.3) is 0 Å². The van der Waals surface area contributed by atoms with E-state index in [1.165, 1.54) is 0 Å². The van der Waals surface area contributed by atoms with Crippen LogP contribution in [0.15, 0.2) is 0 Å². The van der Waals surface area contributed by atoms with Crippen LogP contribution in [0.5, 0.6) is 0 Å². The van der Waals surface area contributed by atoms with Gasteiger partial charge in [-0.05, 0) is 82.5 Å². The van der Waals surface area contributed by atoms with Crippen LogP contribution in [0.2, 0.25) is 0 Å². The molecular weight excluding hydrogens is 354 g/mol. The number of carbonyl (C=O) groups is 2. The van der Waals surface area contributed by atoms with Gasteiger partial charge in [-0.15, -0.1) is 0 Å². The molecule has 2 aliphatic rings. The molecule has 0 spiro atoms. The minimum absolute atomic E-state index is 0.0201. The molecule has 5 nitrogen and oxygen atoms in total. The van der Waals surface area contributed by atoms with E-state index < -0.39 is 0 Å². The van der Waals surface area contributed by atoms with Crippen LogP contribution in [-0.2, 0) is 19.1 Å². The smallest absolute Gasteiger partial charge is 0.308 e. The van der Waals surface area contributed by atoms with Gasteiger partial charge in [-0.3, -0.25) is 9.59 Å². The van der Waals surface area contributed by atoms with Crippen LogP contribution in [0.4, 0.5) is 0 Å². The molecule has 0 aliphatic heterocycles. The number of nitriles is 1. The summed E-state index contributed by atoms with van der Waals surface area (Å²) in [6.45, 7) is 5.04. The minimum Gasteiger partial charge on any atom is -0.465 e. The molecule has 0 saturated heterocycles. The lowest BCUT2D eigenvalue weighted by molar-refractivity contribution is -0.151. The third-order valence-electron chi connectivity index (χ3n) is 6.50. The lowest BCUT2D eigenvalue weighted by Gasteiger charge is -2.33. The van der Waals surface area contributed by atoms with E-state index in [4.69, 9.17) is 9.47 Å². The summed E-state index contributed by atoms with van der Waals surface area (Å²) < 4.78 is 10.6. The zero-order valence-corrected chi connectivity index (χ0v) is 17.7. The van der Waals surface area contributed by atoms with E-state index >= 15 is 0 Å². The van der Waals surface area contributed by atoms with Crippen LogP contribution in [-0.4, -0.2) is 25.2 Å². The monoisotopic (exact) mass is 391 g/mol. The number of nitrogens with zero attached hydrogens (tertiary/aromatic N) is 1. The van der Waals surface area contributed by atoms with Gasteiger partial charge >= 0.3 is 11.9 Å². The molecule has 158 valence electrons. The van der Waals surface area contributed by atoms with Crippen molar-refractivity contribution in [1.82, 2.24) is 0 Å². The van der Waals surface area contributed by atoms with E-state index in [2.05, 4.69) is 6.07 Å². The lowest BCUT2D eigenvalue weighted by atomic mass is 9.71. The van der Waals surface area contributed by atoms with Gasteiger partial charge < -0.3 is 9.47 Å². The first-order valence-electron chi connectivity index (χ1n) is 11.3. The second-order valence-corrected chi connectivity index (χ2v) is 8.64. The maximum Gasteiger partial charge on any atom is 0.308 e. The van der Waals surface area contributed by atoms with Gasteiger partial charge in [0, 0.05) is 5.92 Å². The van der Waals surface area contributed by atoms with Crippen molar-refractivity contribution in [1.29, 1.82) is 5.26 Å². The Morgan fingerprint density at radius 3 is 1.75 bits per heavy atom. The molecule has 1 atom stereocenters. The van der Waals surface area contributed by atoms with E-state index in [1.54, 1.807) is 0 Å². The fourth-order valence-corrected chi connectivity index (χ4v) is 4.74. The zero-order chi connectivity index (χ0) is 20.4. The predicted molar refractivity (Wildman–Crippen MR) is 107 cm³/mol. The minimum atomic E-state index is -0.0536. The molecule has 2 rings (SSSR count). The molecule has 0 aromatic heterocycles. The highest BCUT2D eigenvalue weighted by Crippen LogP contribution is 2.40. The summed E-state index contributed by atoms with van der Waals surface area (Å²) in [6.07, 6.45) is 10.1. The molecule has 0 N–H and O–H groups in total. The molecule has 5 heteroatoms. The third kappa shape index (κ3) is 6.79. The molecule has 2 aliphatic carbocycles. The van der Waals surface area contributed by atoms with Crippen molar-refractivity contribution in [3.05, 3.63) is 0 Å². The molecule has 2 saturated carbocycles. The Morgan fingerprint density at radius 2 is 1.32 bits per heavy atom. The Balaban J connectivity index is 1.73. The van der Waals surface area contributed by atoms with Gasteiger partial charge in [0.15, 0.2) is 0 Å². The van der Waals surface area contributed by atoms with Crippen molar-refractivity contribution < 1.29 is 19.1 Å². The molecule has 1 unspecified atom stereocenters. The van der Waals surface area contributed by atoms with Crippen LogP contribution in [0, 0.1) is 40.9 Å². The Kier molecular flexibility index (Phi) is 9.81. The summed E-state index contributed by atoms with van der Waals surface area (Å²) in [4.78, 5) is 24.1. The van der Waals surface area contributed by atoms with Crippen LogP contribution in [0.1, 0.15) is 84.5 Å². The summed E-state index contributed by atoms with van der Waals surface area (Å²) in [6, 6.07) is 2.55. The lowest BCUT2D eigenvalue weighted by Crippen LogP contribution is -2.29. The molecule has 0 aromatic rings. The van der Waals surface area contributed by atoms with Crippen molar-refractivity contribution in [2.75, 3.05) is 13.2 Å². The number of carbonyl (C=O) groups excluding carboxylic acids is 2. The van der Waals surface area contributed by atoms with E-state index in [0.717, 1.165) is 70.6 Å². The number of ether oxygens (including phenoxy) is 2. The second kappa shape index (κ2) is 12.1. The topological polar surface area (TPSA) is 76.4 Å². The fourth-order valence-electron chi connectivity index (χ4n) is 4.74. The zero-order valence-electron chi connectivity index (χ0n) is 17.7.